The van der Waals surface area contributed by atoms with Crippen LogP contribution in [0.3, 0.4) is 0 Å². The van der Waals surface area contributed by atoms with Gasteiger partial charge in [0, 0.05) is 42.9 Å². The number of anilines is 3. The molecule has 3 saturated heterocycles. The number of hydrogen-bond acceptors (Lipinski definition) is 28. The van der Waals surface area contributed by atoms with E-state index >= 15 is 13.3 Å². The molecule has 0 spiro atoms. The SMILES string of the molecule is BP1(=O)OC[C@H]2O[C@@H](n3cnc4c(N)ncnc43)[C@H](F)[C@@H]2O[P@@](=O)(SCc2ccc(OC(=O)c3ccc(OCCn4nnc5c4-c4ccccc4N(C(=O)CCCCC(=O)NCCCOCC(O)CO[PH2]=O)Cc4ccccc4-5)cc3)cc2)OC[C@H]2O[C@@H](n3cnc4c(=O)[nH]c(N)nc43)[C@H](F)[C@@H]2O1. The van der Waals surface area contributed by atoms with Gasteiger partial charge < -0.3 is 64.0 Å². The Balaban J connectivity index is 0.637. The fraction of sp³-hybridized carbons (Fsp3) is 0.381. The first-order chi connectivity index (χ1) is 49.8. The molecule has 9 aromatic rings. The minimum atomic E-state index is -4.66. The minimum absolute atomic E-state index is 0.00248. The number of hydrogen-bond donors (Lipinski definition) is 5. The van der Waals surface area contributed by atoms with E-state index in [0.717, 1.165) is 41.5 Å². The average molecular weight is 1500 g/mol. The van der Waals surface area contributed by atoms with Crippen molar-refractivity contribution in [2.45, 2.75) is 106 Å². The Morgan fingerprint density at radius 1 is 0.806 bits per heavy atom. The van der Waals surface area contributed by atoms with Crippen molar-refractivity contribution in [1.82, 2.24) is 59.3 Å². The summed E-state index contributed by atoms with van der Waals surface area (Å²) in [7, 11) is -4.64. The molecule has 0 saturated carbocycles. The Morgan fingerprint density at radius 2 is 1.50 bits per heavy atom. The standard InChI is InChI=1S/C63H69BF2N15O18P3S/c64-101(88)93-29-44-55(49(66)60(96-44)79-33-72-51-56(67)70-32-71-57(51)79)99-102(89,94-30-45-54(98-101)48(65)61(97-45)80-34-73-52-58(80)74-63(68)75-59(52)85)103-31-35-14-18-40(19-15-35)95-62(86)36-16-20-39(21-17-36)91-25-23-81-53-42-10-3-4-11-43(42)78(26-37-8-1-2-9-41(37)50(53)76-77-81)47(84)13-6-5-12-46(83)69-22-7-24-90-27-38(82)28-92-100-87/h1-4,8-11,14-21,32-34,38,44-45,48-49,54-55,60-61,82H,5-7,12-13,22-31,64,100H2,(H,69,83)(H2,67,70,71)(H3,68,74,75,85)/t38?,44-,45-,48-,49-,54-,55-,60-,61-,101?,102+/m1/s1. The van der Waals surface area contributed by atoms with Gasteiger partial charge in [0.2, 0.25) is 17.8 Å². The summed E-state index contributed by atoms with van der Waals surface area (Å²) in [4.78, 5) is 77.7. The van der Waals surface area contributed by atoms with Crippen molar-refractivity contribution in [2.75, 3.05) is 62.6 Å². The summed E-state index contributed by atoms with van der Waals surface area (Å²) in [5.74, 6) is -0.789. The maximum absolute atomic E-state index is 17.1. The van der Waals surface area contributed by atoms with Gasteiger partial charge in [-0.25, -0.2) is 42.8 Å². The van der Waals surface area contributed by atoms with Crippen molar-refractivity contribution in [3.8, 4) is 34.0 Å². The van der Waals surface area contributed by atoms with Gasteiger partial charge in [-0.05, 0) is 84.2 Å². The molecule has 4 aliphatic heterocycles. The summed E-state index contributed by atoms with van der Waals surface area (Å²) in [6, 6.07) is 27.8. The van der Waals surface area contributed by atoms with E-state index in [1.807, 2.05) is 48.5 Å². The summed E-state index contributed by atoms with van der Waals surface area (Å²) in [6.07, 6.45) is -9.46. The first-order valence-electron chi connectivity index (χ1n) is 32.6. The summed E-state index contributed by atoms with van der Waals surface area (Å²) >= 11 is 0.639. The number of nitrogens with zero attached hydrogens (tertiary/aromatic N) is 11. The molecule has 103 heavy (non-hydrogen) atoms. The summed E-state index contributed by atoms with van der Waals surface area (Å²) in [6.45, 7) is -4.80. The lowest BCUT2D eigenvalue weighted by Crippen LogP contribution is -2.37. The molecule has 2 amide bonds. The van der Waals surface area contributed by atoms with Gasteiger partial charge in [0.15, 0.2) is 56.1 Å². The normalized spacial score (nSPS) is 23.7. The third-order valence-corrected chi connectivity index (χ3v) is 22.4. The number of H-pyrrole nitrogens is 1. The van der Waals surface area contributed by atoms with Crippen molar-refractivity contribution >= 4 is 99.5 Å². The molecule has 542 valence electrons. The van der Waals surface area contributed by atoms with Crippen LogP contribution in [0.15, 0.2) is 121 Å². The number of aliphatic hydroxyl groups excluding tert-OH is 1. The number of nitrogens with one attached hydrogen (secondary N) is 2. The second-order valence-corrected chi connectivity index (χ2v) is 30.8. The Kier molecular flexibility index (Phi) is 22.7. The van der Waals surface area contributed by atoms with Gasteiger partial charge in [-0.3, -0.25) is 46.7 Å². The van der Waals surface area contributed by atoms with E-state index in [1.54, 1.807) is 46.0 Å². The number of esters is 1. The molecular weight excluding hydrogens is 1430 g/mol. The maximum Gasteiger partial charge on any atom is 0.389 e. The Labute approximate surface area is 590 Å². The lowest BCUT2D eigenvalue weighted by molar-refractivity contribution is -0.122. The predicted molar refractivity (Wildman–Crippen MR) is 371 cm³/mol. The van der Waals surface area contributed by atoms with E-state index in [-0.39, 0.29) is 109 Å². The van der Waals surface area contributed by atoms with Crippen molar-refractivity contribution < 1.29 is 88.3 Å². The van der Waals surface area contributed by atoms with Gasteiger partial charge in [0.1, 0.15) is 66.2 Å². The fourth-order valence-corrected chi connectivity index (χ4v) is 17.0. The molecule has 0 radical (unpaired) electrons. The highest BCUT2D eigenvalue weighted by atomic mass is 32.7. The van der Waals surface area contributed by atoms with Crippen LogP contribution in [-0.2, 0) is 79.0 Å². The minimum Gasteiger partial charge on any atom is -0.492 e. The molecule has 7 N–H and O–H groups in total. The van der Waals surface area contributed by atoms with E-state index in [4.69, 9.17) is 57.8 Å². The van der Waals surface area contributed by atoms with Crippen LogP contribution in [0.1, 0.15) is 66.0 Å². The van der Waals surface area contributed by atoms with Crippen LogP contribution in [0.25, 0.3) is 44.8 Å². The molecule has 0 bridgehead atoms. The van der Waals surface area contributed by atoms with Gasteiger partial charge in [-0.2, -0.15) is 4.98 Å². The summed E-state index contributed by atoms with van der Waals surface area (Å²) < 4.78 is 136. The third kappa shape index (κ3) is 16.6. The van der Waals surface area contributed by atoms with Gasteiger partial charge >= 0.3 is 12.8 Å². The number of aromatic amines is 1. The molecular formula is C63H69BF2N15O18P3S. The van der Waals surface area contributed by atoms with Crippen LogP contribution < -0.4 is 36.7 Å². The second kappa shape index (κ2) is 32.1. The molecule has 4 aliphatic rings. The Morgan fingerprint density at radius 3 is 2.26 bits per heavy atom. The number of carbonyl (C=O) groups excluding carboxylic acids is 3. The van der Waals surface area contributed by atoms with Crippen LogP contribution in [-0.4, -0.2) is 174 Å². The van der Waals surface area contributed by atoms with Gasteiger partial charge in [0.25, 0.3) is 20.6 Å². The number of para-hydroxylation sites is 1. The predicted octanol–water partition coefficient (Wildman–Crippen LogP) is 6.40. The van der Waals surface area contributed by atoms with Crippen LogP contribution in [0.5, 0.6) is 11.5 Å². The lowest BCUT2D eigenvalue weighted by atomic mass is 9.95. The zero-order valence-electron chi connectivity index (χ0n) is 54.9. The van der Waals surface area contributed by atoms with Crippen LogP contribution >= 0.6 is 34.3 Å². The van der Waals surface area contributed by atoms with Crippen molar-refractivity contribution in [2.24, 2.45) is 0 Å². The van der Waals surface area contributed by atoms with Crippen LogP contribution in [0.4, 0.5) is 26.2 Å². The van der Waals surface area contributed by atoms with Gasteiger partial charge in [-0.1, -0.05) is 59.8 Å². The lowest BCUT2D eigenvalue weighted by Gasteiger charge is -2.30. The molecule has 13 rings (SSSR count). The van der Waals surface area contributed by atoms with E-state index in [9.17, 15) is 33.4 Å². The molecule has 4 aromatic carbocycles. The number of fused-ring (bicyclic) bond motifs is 9. The quantitative estimate of drug-likeness (QED) is 0.0136. The number of ether oxygens (including phenoxy) is 5. The molecule has 5 aromatic heterocycles. The average Bonchev–Trinajstić information content (AvgIpc) is 1.66. The monoisotopic (exact) mass is 1500 g/mol. The Bertz CT molecular complexity index is 4740. The molecule has 3 fully saturated rings. The van der Waals surface area contributed by atoms with Crippen molar-refractivity contribution in [1.29, 1.82) is 0 Å². The number of rotatable bonds is 25. The molecule has 33 nitrogen and oxygen atoms in total. The second-order valence-electron chi connectivity index (χ2n) is 24.2. The highest BCUT2D eigenvalue weighted by Crippen LogP contribution is 2.65. The highest BCUT2D eigenvalue weighted by Gasteiger charge is 2.55. The fourth-order valence-electron chi connectivity index (χ4n) is 12.1. The first kappa shape index (κ1) is 72.7. The number of alkyl halides is 2. The number of halogens is 2. The number of carbonyl (C=O) groups is 3. The molecule has 3 unspecified atom stereocenters. The summed E-state index contributed by atoms with van der Waals surface area (Å²) in [5.41, 5.74) is 16.1. The van der Waals surface area contributed by atoms with Gasteiger partial charge in [0.05, 0.1) is 69.1 Å². The van der Waals surface area contributed by atoms with Gasteiger partial charge in [-0.15, -0.1) is 5.10 Å². The number of unbranched alkanes of at least 4 members (excludes halogenated alkanes) is 1. The smallest absolute Gasteiger partial charge is 0.389 e. The van der Waals surface area contributed by atoms with Crippen LogP contribution in [0.2, 0.25) is 0 Å². The van der Waals surface area contributed by atoms with E-state index in [2.05, 4.69) is 45.5 Å². The number of amides is 2. The molecule has 12 atom stereocenters. The highest BCUT2D eigenvalue weighted by molar-refractivity contribution is 8.54. The van der Waals surface area contributed by atoms with Crippen molar-refractivity contribution in [3.05, 3.63) is 143 Å². The number of imidazole rings is 2. The zero-order chi connectivity index (χ0) is 71.9. The number of nitrogens with two attached hydrogens (primary N) is 2. The van der Waals surface area contributed by atoms with Crippen molar-refractivity contribution in [3.63, 3.8) is 0 Å². The maximum atomic E-state index is 17.1. The first-order valence-corrected chi connectivity index (χ1v) is 38.6. The number of aromatic nitrogens is 11. The van der Waals surface area contributed by atoms with E-state index in [0.29, 0.717) is 72.2 Å². The summed E-state index contributed by atoms with van der Waals surface area (Å²) in [5, 5.41) is 21.8. The van der Waals surface area contributed by atoms with Crippen LogP contribution in [0, 0.1) is 0 Å². The largest absolute Gasteiger partial charge is 0.492 e. The zero-order valence-corrected chi connectivity index (χ0v) is 58.6. The molecule has 40 heteroatoms. The Hall–Kier alpha value is -8.67. The van der Waals surface area contributed by atoms with E-state index in [1.165, 1.54) is 23.0 Å². The van der Waals surface area contributed by atoms with E-state index < -0.39 is 103 Å². The number of benzene rings is 4. The third-order valence-electron chi connectivity index (χ3n) is 17.1. The molecule has 0 aliphatic carbocycles. The number of aliphatic hydroxyl groups is 1. The number of nitrogen functional groups attached to an aromatic ring is 2. The molecule has 9 heterocycles. The topological polar surface area (TPSA) is 420 Å².